The maximum Gasteiger partial charge on any atom is 0.419 e. The van der Waals surface area contributed by atoms with Gasteiger partial charge in [-0.2, -0.15) is 13.2 Å². The molecule has 0 bridgehead atoms. The third kappa shape index (κ3) is 5.99. The molecule has 1 aromatic carbocycles. The van der Waals surface area contributed by atoms with Gasteiger partial charge in [-0.05, 0) is 31.0 Å². The molecule has 0 radical (unpaired) electrons. The zero-order valence-electron chi connectivity index (χ0n) is 11.4. The Kier molecular flexibility index (Phi) is 6.41. The van der Waals surface area contributed by atoms with E-state index in [-0.39, 0.29) is 5.69 Å². The second-order valence-corrected chi connectivity index (χ2v) is 4.27. The van der Waals surface area contributed by atoms with E-state index in [2.05, 4.69) is 10.6 Å². The van der Waals surface area contributed by atoms with Gasteiger partial charge in [-0.3, -0.25) is 0 Å². The number of rotatable bonds is 6. The van der Waals surface area contributed by atoms with Crippen LogP contribution in [-0.4, -0.2) is 26.3 Å². The molecule has 4 nitrogen and oxygen atoms in total. The number of carbonyl (C=O) groups excluding carboxylic acids is 1. The Hall–Kier alpha value is -1.83. The standard InChI is InChI=1S/C13H16F4N2O2/c1-21-7-3-2-6-18-12(20)19-9-4-5-11(14)10(8-9)13(15,16)17/h4-5,8H,2-3,6-7H2,1H3,(H2,18,19,20). The van der Waals surface area contributed by atoms with Crippen LogP contribution in [0, 0.1) is 5.82 Å². The van der Waals surface area contributed by atoms with E-state index in [0.717, 1.165) is 12.5 Å². The minimum absolute atomic E-state index is 0.127. The molecule has 1 aromatic rings. The molecule has 0 atom stereocenters. The van der Waals surface area contributed by atoms with Crippen molar-refractivity contribution < 1.29 is 27.1 Å². The monoisotopic (exact) mass is 308 g/mol. The van der Waals surface area contributed by atoms with Crippen LogP contribution in [0.2, 0.25) is 0 Å². The van der Waals surface area contributed by atoms with Gasteiger partial charge in [-0.25, -0.2) is 9.18 Å². The maximum atomic E-state index is 13.1. The highest BCUT2D eigenvalue weighted by Crippen LogP contribution is 2.32. The molecule has 8 heteroatoms. The van der Waals surface area contributed by atoms with Gasteiger partial charge in [0.1, 0.15) is 5.82 Å². The zero-order chi connectivity index (χ0) is 15.9. The van der Waals surface area contributed by atoms with E-state index in [9.17, 15) is 22.4 Å². The van der Waals surface area contributed by atoms with Crippen molar-refractivity contribution >= 4 is 11.7 Å². The molecule has 0 aromatic heterocycles. The summed E-state index contributed by atoms with van der Waals surface area (Å²) in [4.78, 5) is 11.5. The highest BCUT2D eigenvalue weighted by atomic mass is 19.4. The third-order valence-electron chi connectivity index (χ3n) is 2.59. The molecule has 0 aliphatic carbocycles. The van der Waals surface area contributed by atoms with Gasteiger partial charge >= 0.3 is 12.2 Å². The summed E-state index contributed by atoms with van der Waals surface area (Å²) in [5.74, 6) is -1.38. The van der Waals surface area contributed by atoms with Crippen LogP contribution in [0.5, 0.6) is 0 Å². The fraction of sp³-hybridized carbons (Fsp3) is 0.462. The fourth-order valence-electron chi connectivity index (χ4n) is 1.57. The average molecular weight is 308 g/mol. The van der Waals surface area contributed by atoms with Crippen molar-refractivity contribution in [2.75, 3.05) is 25.6 Å². The number of carbonyl (C=O) groups is 1. The van der Waals surface area contributed by atoms with Gasteiger partial charge in [0.15, 0.2) is 0 Å². The van der Waals surface area contributed by atoms with Crippen molar-refractivity contribution in [3.05, 3.63) is 29.6 Å². The molecule has 1 rings (SSSR count). The van der Waals surface area contributed by atoms with Gasteiger partial charge in [0.25, 0.3) is 0 Å². The molecule has 0 unspecified atom stereocenters. The summed E-state index contributed by atoms with van der Waals surface area (Å²) in [6.07, 6.45) is -3.37. The number of methoxy groups -OCH3 is 1. The Morgan fingerprint density at radius 2 is 2.00 bits per heavy atom. The number of urea groups is 1. The first-order chi connectivity index (χ1) is 9.84. The molecule has 2 amide bonds. The number of amides is 2. The van der Waals surface area contributed by atoms with E-state index >= 15 is 0 Å². The number of ether oxygens (including phenoxy) is 1. The lowest BCUT2D eigenvalue weighted by Gasteiger charge is -2.11. The summed E-state index contributed by atoms with van der Waals surface area (Å²) in [6, 6.07) is 1.64. The lowest BCUT2D eigenvalue weighted by atomic mass is 10.2. The Labute approximate surface area is 119 Å². The number of hydrogen-bond acceptors (Lipinski definition) is 2. The first-order valence-corrected chi connectivity index (χ1v) is 6.25. The Morgan fingerprint density at radius 1 is 1.29 bits per heavy atom. The van der Waals surface area contributed by atoms with Gasteiger partial charge in [-0.1, -0.05) is 0 Å². The van der Waals surface area contributed by atoms with E-state index in [1.807, 2.05) is 0 Å². The summed E-state index contributed by atoms with van der Waals surface area (Å²) in [5.41, 5.74) is -1.54. The van der Waals surface area contributed by atoms with Crippen LogP contribution in [0.4, 0.5) is 28.0 Å². The molecule has 0 heterocycles. The van der Waals surface area contributed by atoms with Crippen molar-refractivity contribution in [3.63, 3.8) is 0 Å². The highest BCUT2D eigenvalue weighted by Gasteiger charge is 2.34. The predicted molar refractivity (Wildman–Crippen MR) is 69.5 cm³/mol. The summed E-state index contributed by atoms with van der Waals surface area (Å²) in [7, 11) is 1.56. The number of unbranched alkanes of at least 4 members (excludes halogenated alkanes) is 1. The van der Waals surface area contributed by atoms with Crippen LogP contribution in [0.3, 0.4) is 0 Å². The molecule has 0 aliphatic heterocycles. The van der Waals surface area contributed by atoms with Crippen molar-refractivity contribution in [2.45, 2.75) is 19.0 Å². The van der Waals surface area contributed by atoms with Gasteiger partial charge in [0.05, 0.1) is 5.56 Å². The first kappa shape index (κ1) is 17.2. The number of anilines is 1. The van der Waals surface area contributed by atoms with Gasteiger partial charge in [0.2, 0.25) is 0 Å². The molecule has 0 aliphatic rings. The zero-order valence-corrected chi connectivity index (χ0v) is 11.4. The van der Waals surface area contributed by atoms with Crippen molar-refractivity contribution in [1.29, 1.82) is 0 Å². The molecule has 0 saturated heterocycles. The SMILES string of the molecule is COCCCCNC(=O)Nc1ccc(F)c(C(F)(F)F)c1. The lowest BCUT2D eigenvalue weighted by molar-refractivity contribution is -0.139. The highest BCUT2D eigenvalue weighted by molar-refractivity contribution is 5.89. The predicted octanol–water partition coefficient (Wildman–Crippen LogP) is 3.39. The second kappa shape index (κ2) is 7.82. The topological polar surface area (TPSA) is 50.4 Å². The average Bonchev–Trinajstić information content (AvgIpc) is 2.39. The summed E-state index contributed by atoms with van der Waals surface area (Å²) < 4.78 is 55.4. The maximum absolute atomic E-state index is 13.1. The van der Waals surface area contributed by atoms with E-state index in [4.69, 9.17) is 4.74 Å². The van der Waals surface area contributed by atoms with Crippen molar-refractivity contribution in [2.24, 2.45) is 0 Å². The van der Waals surface area contributed by atoms with E-state index in [0.29, 0.717) is 31.7 Å². The van der Waals surface area contributed by atoms with Crippen LogP contribution in [-0.2, 0) is 10.9 Å². The van der Waals surface area contributed by atoms with E-state index in [1.54, 1.807) is 7.11 Å². The quantitative estimate of drug-likeness (QED) is 0.625. The number of alkyl halides is 3. The van der Waals surface area contributed by atoms with Gasteiger partial charge in [-0.15, -0.1) is 0 Å². The molecule has 0 saturated carbocycles. The number of benzene rings is 1. The molecule has 2 N–H and O–H groups in total. The Morgan fingerprint density at radius 3 is 2.62 bits per heavy atom. The van der Waals surface area contributed by atoms with Crippen LogP contribution in [0.25, 0.3) is 0 Å². The van der Waals surface area contributed by atoms with Crippen LogP contribution in [0.1, 0.15) is 18.4 Å². The van der Waals surface area contributed by atoms with Crippen molar-refractivity contribution in [3.8, 4) is 0 Å². The molecule has 21 heavy (non-hydrogen) atoms. The van der Waals surface area contributed by atoms with Crippen LogP contribution >= 0.6 is 0 Å². The van der Waals surface area contributed by atoms with E-state index in [1.165, 1.54) is 0 Å². The minimum Gasteiger partial charge on any atom is -0.385 e. The summed E-state index contributed by atoms with van der Waals surface area (Å²) in [6.45, 7) is 0.929. The summed E-state index contributed by atoms with van der Waals surface area (Å²) >= 11 is 0. The largest absolute Gasteiger partial charge is 0.419 e. The van der Waals surface area contributed by atoms with Crippen LogP contribution in [0.15, 0.2) is 18.2 Å². The number of hydrogen-bond donors (Lipinski definition) is 2. The Balaban J connectivity index is 2.53. The molecular formula is C13H16F4N2O2. The van der Waals surface area contributed by atoms with Crippen molar-refractivity contribution in [1.82, 2.24) is 5.32 Å². The van der Waals surface area contributed by atoms with Gasteiger partial charge < -0.3 is 15.4 Å². The molecular weight excluding hydrogens is 292 g/mol. The second-order valence-electron chi connectivity index (χ2n) is 4.27. The van der Waals surface area contributed by atoms with Crippen LogP contribution < -0.4 is 10.6 Å². The van der Waals surface area contributed by atoms with Gasteiger partial charge in [0, 0.05) is 25.9 Å². The fourth-order valence-corrected chi connectivity index (χ4v) is 1.57. The minimum atomic E-state index is -4.81. The Bertz CT molecular complexity index is 478. The van der Waals surface area contributed by atoms with E-state index < -0.39 is 23.6 Å². The normalized spacial score (nSPS) is 11.3. The summed E-state index contributed by atoms with van der Waals surface area (Å²) in [5, 5.41) is 4.71. The number of halogens is 4. The number of nitrogens with one attached hydrogen (secondary N) is 2. The molecule has 118 valence electrons. The molecule has 0 fully saturated rings. The first-order valence-electron chi connectivity index (χ1n) is 6.25. The molecule has 0 spiro atoms. The smallest absolute Gasteiger partial charge is 0.385 e. The lowest BCUT2D eigenvalue weighted by Crippen LogP contribution is -2.29. The third-order valence-corrected chi connectivity index (χ3v) is 2.59.